The van der Waals surface area contributed by atoms with Crippen molar-refractivity contribution in [2.24, 2.45) is 0 Å². The van der Waals surface area contributed by atoms with Gasteiger partial charge in [-0.05, 0) is 41.8 Å². The lowest BCUT2D eigenvalue weighted by molar-refractivity contribution is -0.123. The zero-order valence-electron chi connectivity index (χ0n) is 19.9. The van der Waals surface area contributed by atoms with Gasteiger partial charge in [0, 0.05) is 23.4 Å². The predicted octanol–water partition coefficient (Wildman–Crippen LogP) is 5.65. The van der Waals surface area contributed by atoms with E-state index in [2.05, 4.69) is 16.9 Å². The quantitative estimate of drug-likeness (QED) is 0.324. The lowest BCUT2D eigenvalue weighted by atomic mass is 10.0. The Labute approximate surface area is 212 Å². The number of benzene rings is 3. The van der Waals surface area contributed by atoms with Gasteiger partial charge < -0.3 is 5.32 Å². The van der Waals surface area contributed by atoms with Gasteiger partial charge in [-0.15, -0.1) is 0 Å². The van der Waals surface area contributed by atoms with Crippen LogP contribution in [0.3, 0.4) is 0 Å². The molecular weight excluding hydrogens is 470 g/mol. The number of rotatable bonds is 9. The maximum Gasteiger partial charge on any atom is 0.257 e. The number of carbonyl (C=O) groups is 1. The first-order valence-corrected chi connectivity index (χ1v) is 13.0. The Hall–Kier alpha value is -4.23. The second-order valence-corrected chi connectivity index (χ2v) is 10.0. The van der Waals surface area contributed by atoms with Gasteiger partial charge in [0.15, 0.2) is 6.04 Å². The molecule has 3 aromatic carbocycles. The Morgan fingerprint density at radius 1 is 0.861 bits per heavy atom. The van der Waals surface area contributed by atoms with Crippen molar-refractivity contribution in [1.82, 2.24) is 10.3 Å². The van der Waals surface area contributed by atoms with Gasteiger partial charge in [-0.1, -0.05) is 85.4 Å². The van der Waals surface area contributed by atoms with Crippen molar-refractivity contribution >= 4 is 21.6 Å². The standard InChI is InChI=1S/C29H27N3O3S/c1-3-36(34,35)32(27-18-16-25(17-19-27)24-13-8-5-9-14-24)28(26-15-10-20-30-21-26)29(33)31-22(2)23-11-6-4-7-12-23/h3-22,28H,1H2,2H3,(H,31,33)/t22-,28+/m0/s1. The third-order valence-corrected chi connectivity index (χ3v) is 7.25. The second-order valence-electron chi connectivity index (χ2n) is 8.25. The Morgan fingerprint density at radius 2 is 1.44 bits per heavy atom. The van der Waals surface area contributed by atoms with E-state index in [0.717, 1.165) is 26.4 Å². The SMILES string of the molecule is C=CS(=O)(=O)N(c1ccc(-c2ccccc2)cc1)[C@@H](C(=O)N[C@@H](C)c1ccccc1)c1cccnc1. The average molecular weight is 498 g/mol. The van der Waals surface area contributed by atoms with Gasteiger partial charge in [-0.3, -0.25) is 9.78 Å². The summed E-state index contributed by atoms with van der Waals surface area (Å²) >= 11 is 0. The molecule has 0 spiro atoms. The molecule has 1 N–H and O–H groups in total. The number of amides is 1. The van der Waals surface area contributed by atoms with E-state index in [4.69, 9.17) is 0 Å². The van der Waals surface area contributed by atoms with Crippen molar-refractivity contribution in [2.75, 3.05) is 4.31 Å². The van der Waals surface area contributed by atoms with Crippen molar-refractivity contribution in [3.63, 3.8) is 0 Å². The minimum absolute atomic E-state index is 0.339. The molecule has 4 aromatic rings. The first-order valence-electron chi connectivity index (χ1n) is 11.5. The molecule has 0 fully saturated rings. The summed E-state index contributed by atoms with van der Waals surface area (Å²) in [5, 5.41) is 3.83. The highest BCUT2D eigenvalue weighted by Crippen LogP contribution is 2.33. The molecule has 0 aliphatic heterocycles. The highest BCUT2D eigenvalue weighted by molar-refractivity contribution is 7.95. The molecule has 2 atom stereocenters. The van der Waals surface area contributed by atoms with Gasteiger partial charge in [-0.25, -0.2) is 12.7 Å². The van der Waals surface area contributed by atoms with Gasteiger partial charge in [0.2, 0.25) is 5.91 Å². The summed E-state index contributed by atoms with van der Waals surface area (Å²) in [6.07, 6.45) is 3.08. The Balaban J connectivity index is 1.77. The van der Waals surface area contributed by atoms with Crippen LogP contribution in [0.25, 0.3) is 11.1 Å². The minimum Gasteiger partial charge on any atom is -0.347 e. The van der Waals surface area contributed by atoms with Crippen LogP contribution in [0.5, 0.6) is 0 Å². The molecule has 0 aliphatic carbocycles. The lowest BCUT2D eigenvalue weighted by Gasteiger charge is -2.32. The average Bonchev–Trinajstić information content (AvgIpc) is 2.93. The summed E-state index contributed by atoms with van der Waals surface area (Å²) in [6.45, 7) is 5.37. The maximum absolute atomic E-state index is 13.7. The molecule has 1 heterocycles. The zero-order valence-corrected chi connectivity index (χ0v) is 20.7. The molecule has 1 aromatic heterocycles. The summed E-state index contributed by atoms with van der Waals surface area (Å²) in [6, 6.07) is 28.1. The molecule has 0 unspecified atom stereocenters. The third kappa shape index (κ3) is 5.53. The van der Waals surface area contributed by atoms with Crippen LogP contribution in [0.2, 0.25) is 0 Å². The maximum atomic E-state index is 13.7. The van der Waals surface area contributed by atoms with Crippen LogP contribution in [0.15, 0.2) is 121 Å². The number of nitrogens with zero attached hydrogens (tertiary/aromatic N) is 2. The molecule has 0 saturated heterocycles. The van der Waals surface area contributed by atoms with Crippen molar-refractivity contribution in [3.8, 4) is 11.1 Å². The van der Waals surface area contributed by atoms with Gasteiger partial charge in [0.25, 0.3) is 10.0 Å². The van der Waals surface area contributed by atoms with Gasteiger partial charge in [-0.2, -0.15) is 0 Å². The molecule has 0 bridgehead atoms. The predicted molar refractivity (Wildman–Crippen MR) is 143 cm³/mol. The van der Waals surface area contributed by atoms with E-state index in [1.807, 2.05) is 79.7 Å². The molecule has 36 heavy (non-hydrogen) atoms. The van der Waals surface area contributed by atoms with Crippen molar-refractivity contribution in [1.29, 1.82) is 0 Å². The second kappa shape index (κ2) is 11.0. The van der Waals surface area contributed by atoms with Crippen molar-refractivity contribution in [2.45, 2.75) is 19.0 Å². The van der Waals surface area contributed by atoms with Crippen LogP contribution in [0.1, 0.15) is 30.1 Å². The minimum atomic E-state index is -4.08. The van der Waals surface area contributed by atoms with Gasteiger partial charge in [0.1, 0.15) is 0 Å². The van der Waals surface area contributed by atoms with Gasteiger partial charge in [0.05, 0.1) is 11.7 Å². The van der Waals surface area contributed by atoms with E-state index in [1.54, 1.807) is 30.5 Å². The van der Waals surface area contributed by atoms with E-state index in [0.29, 0.717) is 11.3 Å². The zero-order chi connectivity index (χ0) is 25.5. The molecule has 182 valence electrons. The number of anilines is 1. The molecule has 7 heteroatoms. The van der Waals surface area contributed by atoms with Crippen LogP contribution in [-0.4, -0.2) is 19.3 Å². The third-order valence-electron chi connectivity index (χ3n) is 5.86. The summed E-state index contributed by atoms with van der Waals surface area (Å²) in [7, 11) is -4.08. The molecular formula is C29H27N3O3S. The molecule has 0 radical (unpaired) electrons. The monoisotopic (exact) mass is 497 g/mol. The first kappa shape index (κ1) is 24.9. The molecule has 1 amide bonds. The smallest absolute Gasteiger partial charge is 0.257 e. The molecule has 4 rings (SSSR count). The first-order chi connectivity index (χ1) is 17.4. The molecule has 0 aliphatic rings. The number of carbonyl (C=O) groups excluding carboxylic acids is 1. The summed E-state index contributed by atoms with van der Waals surface area (Å²) in [4.78, 5) is 17.8. The molecule has 6 nitrogen and oxygen atoms in total. The fourth-order valence-corrected chi connectivity index (χ4v) is 5.09. The van der Waals surface area contributed by atoms with Crippen molar-refractivity contribution in [3.05, 3.63) is 133 Å². The highest BCUT2D eigenvalue weighted by Gasteiger charge is 2.36. The summed E-state index contributed by atoms with van der Waals surface area (Å²) in [5.74, 6) is -0.475. The summed E-state index contributed by atoms with van der Waals surface area (Å²) in [5.41, 5.74) is 3.61. The van der Waals surface area contributed by atoms with Crippen LogP contribution >= 0.6 is 0 Å². The van der Waals surface area contributed by atoms with E-state index >= 15 is 0 Å². The number of hydrogen-bond donors (Lipinski definition) is 1. The summed E-state index contributed by atoms with van der Waals surface area (Å²) < 4.78 is 27.8. The van der Waals surface area contributed by atoms with E-state index in [1.165, 1.54) is 6.20 Å². The van der Waals surface area contributed by atoms with E-state index < -0.39 is 22.0 Å². The van der Waals surface area contributed by atoms with Crippen LogP contribution < -0.4 is 9.62 Å². The topological polar surface area (TPSA) is 79.4 Å². The number of nitrogens with one attached hydrogen (secondary N) is 1. The highest BCUT2D eigenvalue weighted by atomic mass is 32.2. The number of pyridine rings is 1. The van der Waals surface area contributed by atoms with E-state index in [9.17, 15) is 13.2 Å². The van der Waals surface area contributed by atoms with E-state index in [-0.39, 0.29) is 6.04 Å². The van der Waals surface area contributed by atoms with Crippen molar-refractivity contribution < 1.29 is 13.2 Å². The van der Waals surface area contributed by atoms with Crippen LogP contribution in [-0.2, 0) is 14.8 Å². The van der Waals surface area contributed by atoms with Crippen LogP contribution in [0, 0.1) is 0 Å². The lowest BCUT2D eigenvalue weighted by Crippen LogP contribution is -2.44. The number of aromatic nitrogens is 1. The largest absolute Gasteiger partial charge is 0.347 e. The number of hydrogen-bond acceptors (Lipinski definition) is 4. The Morgan fingerprint density at radius 3 is 2.03 bits per heavy atom. The normalized spacial score (nSPS) is 12.8. The van der Waals surface area contributed by atoms with Crippen LogP contribution in [0.4, 0.5) is 5.69 Å². The fourth-order valence-electron chi connectivity index (χ4n) is 4.00. The molecule has 0 saturated carbocycles. The van der Waals surface area contributed by atoms with Gasteiger partial charge >= 0.3 is 0 Å². The Bertz CT molecular complexity index is 1410. The number of sulfonamides is 1. The Kier molecular flexibility index (Phi) is 7.61. The fraction of sp³-hybridized carbons (Fsp3) is 0.103.